The van der Waals surface area contributed by atoms with Gasteiger partial charge in [-0.1, -0.05) is 0 Å². The van der Waals surface area contributed by atoms with Crippen LogP contribution in [0.15, 0.2) is 0 Å². The molecule has 0 aliphatic carbocycles. The van der Waals surface area contributed by atoms with E-state index in [1.165, 1.54) is 6.42 Å². The highest BCUT2D eigenvalue weighted by atomic mass is 16.5. The van der Waals surface area contributed by atoms with Crippen molar-refractivity contribution in [3.05, 3.63) is 0 Å². The van der Waals surface area contributed by atoms with E-state index < -0.39 is 0 Å². The third-order valence-corrected chi connectivity index (χ3v) is 3.54. The maximum atomic E-state index is 12.2. The van der Waals surface area contributed by atoms with Crippen LogP contribution < -0.4 is 5.32 Å². The first-order chi connectivity index (χ1) is 10.3. The minimum Gasteiger partial charge on any atom is -0.382 e. The van der Waals surface area contributed by atoms with Crippen molar-refractivity contribution >= 4 is 5.91 Å². The zero-order chi connectivity index (χ0) is 15.3. The van der Waals surface area contributed by atoms with Crippen LogP contribution in [0.4, 0.5) is 0 Å². The van der Waals surface area contributed by atoms with Gasteiger partial charge in [0.2, 0.25) is 5.91 Å². The highest BCUT2D eigenvalue weighted by Gasteiger charge is 2.21. The van der Waals surface area contributed by atoms with Gasteiger partial charge in [-0.05, 0) is 26.2 Å². The van der Waals surface area contributed by atoms with Gasteiger partial charge in [0.25, 0.3) is 0 Å². The molecule has 0 saturated carbocycles. The van der Waals surface area contributed by atoms with Crippen molar-refractivity contribution < 1.29 is 19.0 Å². The Hall–Kier alpha value is -0.690. The normalized spacial score (nSPS) is 17.0. The van der Waals surface area contributed by atoms with Crippen LogP contribution in [-0.2, 0) is 19.0 Å². The van der Waals surface area contributed by atoms with Crippen molar-refractivity contribution in [2.24, 2.45) is 0 Å². The van der Waals surface area contributed by atoms with E-state index in [4.69, 9.17) is 14.2 Å². The van der Waals surface area contributed by atoms with Crippen LogP contribution >= 0.6 is 0 Å². The molecular weight excluding hydrogens is 272 g/mol. The van der Waals surface area contributed by atoms with Crippen molar-refractivity contribution in [3.8, 4) is 0 Å². The van der Waals surface area contributed by atoms with E-state index in [2.05, 4.69) is 5.32 Å². The molecule has 1 saturated heterocycles. The number of carbonyl (C=O) groups is 1. The number of rotatable bonds is 11. The second kappa shape index (κ2) is 11.9. The van der Waals surface area contributed by atoms with Crippen molar-refractivity contribution in [1.82, 2.24) is 10.2 Å². The molecule has 0 bridgehead atoms. The Kier molecular flexibility index (Phi) is 10.4. The van der Waals surface area contributed by atoms with E-state index in [-0.39, 0.29) is 11.9 Å². The predicted molar refractivity (Wildman–Crippen MR) is 81.4 cm³/mol. The maximum Gasteiger partial charge on any atom is 0.239 e. The van der Waals surface area contributed by atoms with Crippen molar-refractivity contribution in [2.45, 2.75) is 32.2 Å². The van der Waals surface area contributed by atoms with Crippen molar-refractivity contribution in [2.75, 3.05) is 59.8 Å². The van der Waals surface area contributed by atoms with E-state index >= 15 is 0 Å². The summed E-state index contributed by atoms with van der Waals surface area (Å²) in [7, 11) is 1.65. The third-order valence-electron chi connectivity index (χ3n) is 3.54. The Morgan fingerprint density at radius 3 is 2.33 bits per heavy atom. The van der Waals surface area contributed by atoms with Crippen LogP contribution in [-0.4, -0.2) is 76.6 Å². The molecule has 1 rings (SSSR count). The first-order valence-electron chi connectivity index (χ1n) is 7.92. The molecule has 1 aliphatic rings. The molecular formula is C15H30N2O4. The summed E-state index contributed by atoms with van der Waals surface area (Å²) < 4.78 is 15.6. The van der Waals surface area contributed by atoms with Gasteiger partial charge >= 0.3 is 0 Å². The Labute approximate surface area is 128 Å². The van der Waals surface area contributed by atoms with Gasteiger partial charge in [0.15, 0.2) is 0 Å². The topological polar surface area (TPSA) is 60.0 Å². The summed E-state index contributed by atoms with van der Waals surface area (Å²) in [6, 6.07) is -0.135. The number of piperidine rings is 1. The van der Waals surface area contributed by atoms with Gasteiger partial charge in [-0.25, -0.2) is 0 Å². The molecule has 6 heteroatoms. The zero-order valence-electron chi connectivity index (χ0n) is 13.4. The highest BCUT2D eigenvalue weighted by molar-refractivity contribution is 5.81. The number of amides is 1. The SMILES string of the molecule is COCCOCCOCCNC(C)C(=O)N1CCCCC1. The summed E-state index contributed by atoms with van der Waals surface area (Å²) in [5.41, 5.74) is 0. The first-order valence-corrected chi connectivity index (χ1v) is 7.92. The molecule has 1 unspecified atom stereocenters. The molecule has 1 atom stereocenters. The minimum absolute atomic E-state index is 0.135. The lowest BCUT2D eigenvalue weighted by Gasteiger charge is -2.29. The summed E-state index contributed by atoms with van der Waals surface area (Å²) in [5, 5.41) is 3.21. The van der Waals surface area contributed by atoms with E-state index in [1.54, 1.807) is 7.11 Å². The molecule has 1 N–H and O–H groups in total. The van der Waals surface area contributed by atoms with E-state index in [1.807, 2.05) is 11.8 Å². The summed E-state index contributed by atoms with van der Waals surface area (Å²) in [5.74, 6) is 0.206. The van der Waals surface area contributed by atoms with E-state index in [0.717, 1.165) is 25.9 Å². The van der Waals surface area contributed by atoms with Crippen LogP contribution in [0.1, 0.15) is 26.2 Å². The van der Waals surface area contributed by atoms with Gasteiger partial charge in [-0.15, -0.1) is 0 Å². The van der Waals surface area contributed by atoms with Gasteiger partial charge in [-0.2, -0.15) is 0 Å². The van der Waals surface area contributed by atoms with Gasteiger partial charge in [0, 0.05) is 26.7 Å². The van der Waals surface area contributed by atoms with Crippen LogP contribution in [0.25, 0.3) is 0 Å². The Balaban J connectivity index is 1.95. The second-order valence-electron chi connectivity index (χ2n) is 5.28. The summed E-state index contributed by atoms with van der Waals surface area (Å²) in [4.78, 5) is 14.1. The highest BCUT2D eigenvalue weighted by Crippen LogP contribution is 2.09. The summed E-state index contributed by atoms with van der Waals surface area (Å²) in [6.07, 6.45) is 3.50. The minimum atomic E-state index is -0.135. The first kappa shape index (κ1) is 18.4. The number of likely N-dealkylation sites (tertiary alicyclic amines) is 1. The number of nitrogens with zero attached hydrogens (tertiary/aromatic N) is 1. The van der Waals surface area contributed by atoms with E-state index in [0.29, 0.717) is 39.6 Å². The molecule has 0 radical (unpaired) electrons. The number of ether oxygens (including phenoxy) is 3. The van der Waals surface area contributed by atoms with Crippen molar-refractivity contribution in [1.29, 1.82) is 0 Å². The third kappa shape index (κ3) is 8.36. The fourth-order valence-electron chi connectivity index (χ4n) is 2.29. The lowest BCUT2D eigenvalue weighted by Crippen LogP contribution is -2.47. The average Bonchev–Trinajstić information content (AvgIpc) is 2.53. The molecule has 6 nitrogen and oxygen atoms in total. The molecule has 21 heavy (non-hydrogen) atoms. The maximum absolute atomic E-state index is 12.2. The number of methoxy groups -OCH3 is 1. The van der Waals surface area contributed by atoms with Gasteiger partial charge in [-0.3, -0.25) is 4.79 Å². The molecule has 1 aliphatic heterocycles. The van der Waals surface area contributed by atoms with Crippen LogP contribution in [0, 0.1) is 0 Å². The Morgan fingerprint density at radius 2 is 1.67 bits per heavy atom. The van der Waals surface area contributed by atoms with Crippen molar-refractivity contribution in [3.63, 3.8) is 0 Å². The summed E-state index contributed by atoms with van der Waals surface area (Å²) >= 11 is 0. The van der Waals surface area contributed by atoms with Crippen LogP contribution in [0.2, 0.25) is 0 Å². The standard InChI is InChI=1S/C15H30N2O4/c1-14(15(18)17-7-4-3-5-8-17)16-6-9-20-12-13-21-11-10-19-2/h14,16H,3-13H2,1-2H3. The summed E-state index contributed by atoms with van der Waals surface area (Å²) in [6.45, 7) is 7.35. The lowest BCUT2D eigenvalue weighted by molar-refractivity contribution is -0.134. The van der Waals surface area contributed by atoms with E-state index in [9.17, 15) is 4.79 Å². The fourth-order valence-corrected chi connectivity index (χ4v) is 2.29. The second-order valence-corrected chi connectivity index (χ2v) is 5.28. The molecule has 1 heterocycles. The van der Waals surface area contributed by atoms with Crippen LogP contribution in [0.3, 0.4) is 0 Å². The largest absolute Gasteiger partial charge is 0.382 e. The predicted octanol–water partition coefficient (Wildman–Crippen LogP) is 0.657. The molecule has 0 aromatic rings. The van der Waals surface area contributed by atoms with Crippen LogP contribution in [0.5, 0.6) is 0 Å². The number of hydrogen-bond donors (Lipinski definition) is 1. The smallest absolute Gasteiger partial charge is 0.239 e. The quantitative estimate of drug-likeness (QED) is 0.568. The lowest BCUT2D eigenvalue weighted by atomic mass is 10.1. The molecule has 0 aromatic heterocycles. The molecule has 0 spiro atoms. The molecule has 124 valence electrons. The van der Waals surface area contributed by atoms with Gasteiger partial charge < -0.3 is 24.4 Å². The van der Waals surface area contributed by atoms with Gasteiger partial charge in [0.1, 0.15) is 0 Å². The number of carbonyl (C=O) groups excluding carboxylic acids is 1. The fraction of sp³-hybridized carbons (Fsp3) is 0.933. The number of hydrogen-bond acceptors (Lipinski definition) is 5. The zero-order valence-corrected chi connectivity index (χ0v) is 13.4. The average molecular weight is 302 g/mol. The molecule has 1 fully saturated rings. The number of nitrogens with one attached hydrogen (secondary N) is 1. The molecule has 0 aromatic carbocycles. The Morgan fingerprint density at radius 1 is 1.05 bits per heavy atom. The molecule has 1 amide bonds. The van der Waals surface area contributed by atoms with Gasteiger partial charge in [0.05, 0.1) is 39.1 Å². The monoisotopic (exact) mass is 302 g/mol. The Bertz CT molecular complexity index is 270.